The van der Waals surface area contributed by atoms with Gasteiger partial charge in [-0.3, -0.25) is 10.1 Å². The predicted molar refractivity (Wildman–Crippen MR) is 125 cm³/mol. The number of carbonyl (C=O) groups is 3. The summed E-state index contributed by atoms with van der Waals surface area (Å²) in [6.45, 7) is 5.74. The van der Waals surface area contributed by atoms with E-state index in [-0.39, 0.29) is 18.8 Å². The number of nitrogens with zero attached hydrogens (tertiary/aromatic N) is 3. The molecule has 12 heteroatoms. The number of alkyl carbamates (subject to hydrolysis) is 1. The number of aromatic nitrogens is 3. The fourth-order valence-electron chi connectivity index (χ4n) is 2.75. The van der Waals surface area contributed by atoms with Crippen LogP contribution < -0.4 is 26.0 Å². The van der Waals surface area contributed by atoms with E-state index in [1.165, 1.54) is 23.8 Å². The van der Waals surface area contributed by atoms with Crippen molar-refractivity contribution in [3.8, 4) is 5.75 Å². The molecule has 0 bridgehead atoms. The normalized spacial score (nSPS) is 10.9. The van der Waals surface area contributed by atoms with E-state index in [4.69, 9.17) is 9.47 Å². The summed E-state index contributed by atoms with van der Waals surface area (Å²) in [5.74, 6) is 0.269. The molecule has 0 unspecified atom stereocenters. The summed E-state index contributed by atoms with van der Waals surface area (Å²) >= 11 is 0. The maximum absolute atomic E-state index is 12.8. The fourth-order valence-corrected chi connectivity index (χ4v) is 2.75. The highest BCUT2D eigenvalue weighted by atomic mass is 16.6. The maximum atomic E-state index is 12.8. The second kappa shape index (κ2) is 10.5. The molecule has 180 valence electrons. The van der Waals surface area contributed by atoms with Gasteiger partial charge in [0.25, 0.3) is 5.91 Å². The van der Waals surface area contributed by atoms with Crippen LogP contribution in [0.3, 0.4) is 0 Å². The molecule has 12 nitrogen and oxygen atoms in total. The number of hydrogen-bond donors (Lipinski definition) is 4. The van der Waals surface area contributed by atoms with Crippen molar-refractivity contribution in [1.29, 1.82) is 0 Å². The van der Waals surface area contributed by atoms with E-state index in [0.29, 0.717) is 22.9 Å². The summed E-state index contributed by atoms with van der Waals surface area (Å²) in [6.07, 6.45) is 0.961. The Labute approximate surface area is 196 Å². The molecule has 0 radical (unpaired) electrons. The smallest absolute Gasteiger partial charge is 0.407 e. The van der Waals surface area contributed by atoms with Gasteiger partial charge in [-0.25, -0.2) is 19.1 Å². The molecule has 0 aliphatic rings. The van der Waals surface area contributed by atoms with E-state index in [9.17, 15) is 14.4 Å². The van der Waals surface area contributed by atoms with Crippen LogP contribution in [0.15, 0.2) is 42.6 Å². The summed E-state index contributed by atoms with van der Waals surface area (Å²) in [4.78, 5) is 40.2. The number of nitrogens with one attached hydrogen (secondary N) is 4. The minimum atomic E-state index is -0.586. The zero-order chi connectivity index (χ0) is 24.7. The number of imidazole rings is 1. The van der Waals surface area contributed by atoms with E-state index in [2.05, 4.69) is 31.3 Å². The Kier molecular flexibility index (Phi) is 7.51. The van der Waals surface area contributed by atoms with Gasteiger partial charge in [-0.15, -0.1) is 0 Å². The van der Waals surface area contributed by atoms with E-state index in [0.717, 1.165) is 0 Å². The number of carbonyl (C=O) groups excluding carboxylic acids is 3. The number of para-hydroxylation sites is 2. The van der Waals surface area contributed by atoms with E-state index in [1.807, 2.05) is 0 Å². The van der Waals surface area contributed by atoms with Crippen molar-refractivity contribution in [3.05, 3.63) is 48.3 Å². The second-order valence-corrected chi connectivity index (χ2v) is 8.08. The summed E-state index contributed by atoms with van der Waals surface area (Å²) in [7, 11) is 1.49. The highest BCUT2D eigenvalue weighted by Crippen LogP contribution is 2.24. The van der Waals surface area contributed by atoms with Crippen molar-refractivity contribution < 1.29 is 23.9 Å². The number of amides is 4. The van der Waals surface area contributed by atoms with Crippen LogP contribution in [-0.2, 0) is 4.74 Å². The lowest BCUT2D eigenvalue weighted by molar-refractivity contribution is 0.0520. The maximum Gasteiger partial charge on any atom is 0.407 e. The third-order valence-electron chi connectivity index (χ3n) is 4.18. The zero-order valence-electron chi connectivity index (χ0n) is 19.3. The van der Waals surface area contributed by atoms with Crippen molar-refractivity contribution in [2.45, 2.75) is 26.4 Å². The van der Waals surface area contributed by atoms with Crippen LogP contribution in [0.2, 0.25) is 0 Å². The number of fused-ring (bicyclic) bond motifs is 1. The van der Waals surface area contributed by atoms with Gasteiger partial charge >= 0.3 is 12.1 Å². The Hall–Kier alpha value is -4.35. The topological polar surface area (TPSA) is 148 Å². The molecule has 0 aliphatic heterocycles. The molecule has 2 aromatic heterocycles. The number of anilines is 2. The number of benzene rings is 1. The molecule has 4 amide bonds. The molecule has 0 saturated carbocycles. The molecule has 0 fully saturated rings. The molecule has 3 aromatic rings. The van der Waals surface area contributed by atoms with Gasteiger partial charge in [0.05, 0.1) is 18.4 Å². The molecule has 0 aliphatic carbocycles. The van der Waals surface area contributed by atoms with Crippen molar-refractivity contribution >= 4 is 35.2 Å². The predicted octanol–water partition coefficient (Wildman–Crippen LogP) is 2.64. The SMILES string of the molecule is CNC(=O)Nc1cn2nc(C(=O)Nc3ccccc3OCCNC(=O)OC(C)(C)C)ccc2n1. The first kappa shape index (κ1) is 24.3. The molecule has 34 heavy (non-hydrogen) atoms. The van der Waals surface area contributed by atoms with E-state index < -0.39 is 23.6 Å². The minimum absolute atomic E-state index is 0.137. The van der Waals surface area contributed by atoms with E-state index in [1.54, 1.807) is 51.1 Å². The Morgan fingerprint density at radius 1 is 1.06 bits per heavy atom. The fraction of sp³-hybridized carbons (Fsp3) is 0.318. The number of ether oxygens (including phenoxy) is 2. The van der Waals surface area contributed by atoms with Gasteiger partial charge in [0.1, 0.15) is 23.7 Å². The Morgan fingerprint density at radius 3 is 2.56 bits per heavy atom. The van der Waals surface area contributed by atoms with Gasteiger partial charge in [0, 0.05) is 7.05 Å². The molecular weight excluding hydrogens is 442 g/mol. The number of rotatable bonds is 7. The van der Waals surface area contributed by atoms with Gasteiger partial charge in [-0.05, 0) is 45.0 Å². The Morgan fingerprint density at radius 2 is 1.82 bits per heavy atom. The molecule has 0 atom stereocenters. The van der Waals surface area contributed by atoms with Gasteiger partial charge < -0.3 is 25.4 Å². The molecule has 3 rings (SSSR count). The largest absolute Gasteiger partial charge is 0.490 e. The first-order valence-corrected chi connectivity index (χ1v) is 10.5. The number of urea groups is 1. The average Bonchev–Trinajstić information content (AvgIpc) is 3.17. The number of hydrogen-bond acceptors (Lipinski definition) is 7. The molecule has 4 N–H and O–H groups in total. The van der Waals surface area contributed by atoms with Gasteiger partial charge in [-0.2, -0.15) is 5.10 Å². The van der Waals surface area contributed by atoms with Crippen LogP contribution in [0, 0.1) is 0 Å². The molecule has 2 heterocycles. The highest BCUT2D eigenvalue weighted by Gasteiger charge is 2.16. The summed E-state index contributed by atoms with van der Waals surface area (Å²) in [5.41, 5.74) is 0.457. The summed E-state index contributed by atoms with van der Waals surface area (Å²) < 4.78 is 12.3. The second-order valence-electron chi connectivity index (χ2n) is 8.08. The lowest BCUT2D eigenvalue weighted by atomic mass is 10.2. The van der Waals surface area contributed by atoms with Gasteiger partial charge in [-0.1, -0.05) is 12.1 Å². The molecule has 1 aromatic carbocycles. The van der Waals surface area contributed by atoms with Crippen LogP contribution in [0.1, 0.15) is 31.3 Å². The lowest BCUT2D eigenvalue weighted by Crippen LogP contribution is -2.34. The monoisotopic (exact) mass is 469 g/mol. The first-order chi connectivity index (χ1) is 16.1. The first-order valence-electron chi connectivity index (χ1n) is 10.5. The van der Waals surface area contributed by atoms with Crippen LogP contribution in [0.4, 0.5) is 21.1 Å². The zero-order valence-corrected chi connectivity index (χ0v) is 19.3. The van der Waals surface area contributed by atoms with Crippen molar-refractivity contribution in [3.63, 3.8) is 0 Å². The van der Waals surface area contributed by atoms with Crippen molar-refractivity contribution in [2.24, 2.45) is 0 Å². The Balaban J connectivity index is 1.61. The van der Waals surface area contributed by atoms with Crippen LogP contribution in [-0.4, -0.2) is 58.4 Å². The van der Waals surface area contributed by atoms with E-state index >= 15 is 0 Å². The Bertz CT molecular complexity index is 1190. The van der Waals surface area contributed by atoms with Crippen molar-refractivity contribution in [1.82, 2.24) is 25.2 Å². The van der Waals surface area contributed by atoms with Crippen LogP contribution >= 0.6 is 0 Å². The lowest BCUT2D eigenvalue weighted by Gasteiger charge is -2.19. The van der Waals surface area contributed by atoms with Gasteiger partial charge in [0.15, 0.2) is 11.5 Å². The molecular formula is C22H27N7O5. The third-order valence-corrected chi connectivity index (χ3v) is 4.18. The highest BCUT2D eigenvalue weighted by molar-refractivity contribution is 6.03. The summed E-state index contributed by atoms with van der Waals surface area (Å²) in [6, 6.07) is 9.63. The average molecular weight is 470 g/mol. The van der Waals surface area contributed by atoms with Crippen molar-refractivity contribution in [2.75, 3.05) is 30.8 Å². The van der Waals surface area contributed by atoms with Gasteiger partial charge in [0.2, 0.25) is 0 Å². The summed E-state index contributed by atoms with van der Waals surface area (Å²) in [5, 5.41) is 14.6. The molecule has 0 spiro atoms. The third kappa shape index (κ3) is 6.82. The van der Waals surface area contributed by atoms with Crippen LogP contribution in [0.25, 0.3) is 5.65 Å². The standard InChI is InChI=1S/C22H27N7O5/c1-22(2,3)34-21(32)24-11-12-33-16-8-6-5-7-14(16)25-19(30)15-9-10-18-26-17(13-29(18)28-15)27-20(31)23-4/h5-10,13H,11-12H2,1-4H3,(H,24,32)(H,25,30)(H2,23,27,31). The van der Waals surface area contributed by atoms with Crippen LogP contribution in [0.5, 0.6) is 5.75 Å². The minimum Gasteiger partial charge on any atom is -0.490 e. The quantitative estimate of drug-likeness (QED) is 0.389. The molecule has 0 saturated heterocycles.